The minimum absolute atomic E-state index is 0.157. The van der Waals surface area contributed by atoms with Gasteiger partial charge in [0.1, 0.15) is 5.82 Å². The Kier molecular flexibility index (Phi) is 4.84. The zero-order valence-corrected chi connectivity index (χ0v) is 14.2. The molecule has 2 aromatic rings. The first-order chi connectivity index (χ1) is 9.83. The van der Waals surface area contributed by atoms with Crippen LogP contribution in [0.25, 0.3) is 0 Å². The summed E-state index contributed by atoms with van der Waals surface area (Å²) in [6, 6.07) is 12.8. The molecule has 0 heterocycles. The van der Waals surface area contributed by atoms with Crippen LogP contribution in [0.2, 0.25) is 0 Å². The average Bonchev–Trinajstić information content (AvgIpc) is 2.45. The van der Waals surface area contributed by atoms with Gasteiger partial charge in [0.05, 0.1) is 6.04 Å². The lowest BCUT2D eigenvalue weighted by Gasteiger charge is -2.24. The second-order valence-corrected chi connectivity index (χ2v) is 6.96. The Hall–Kier alpha value is -1.19. The monoisotopic (exact) mass is 349 g/mol. The van der Waals surface area contributed by atoms with Crippen molar-refractivity contribution >= 4 is 15.9 Å². The second-order valence-electron chi connectivity index (χ2n) is 6.04. The van der Waals surface area contributed by atoms with Crippen LogP contribution >= 0.6 is 15.9 Å². The standard InChI is InChI=1S/C18H21BrFN/c1-4-18(2,3)14-7-5-12(6-8-14)17(21)13-9-15(19)11-16(20)10-13/h5-11,17H,4,21H2,1-3H3. The molecule has 0 aliphatic rings. The zero-order valence-electron chi connectivity index (χ0n) is 12.7. The predicted octanol–water partition coefficient (Wildman–Crippen LogP) is 5.32. The molecule has 0 saturated heterocycles. The van der Waals surface area contributed by atoms with Crippen molar-refractivity contribution in [2.24, 2.45) is 5.73 Å². The summed E-state index contributed by atoms with van der Waals surface area (Å²) in [6.07, 6.45) is 1.08. The van der Waals surface area contributed by atoms with Crippen LogP contribution in [-0.2, 0) is 5.41 Å². The highest BCUT2D eigenvalue weighted by atomic mass is 79.9. The zero-order chi connectivity index (χ0) is 15.6. The summed E-state index contributed by atoms with van der Waals surface area (Å²) in [5.74, 6) is -0.279. The number of halogens is 2. The lowest BCUT2D eigenvalue weighted by atomic mass is 9.81. The van der Waals surface area contributed by atoms with Crippen molar-refractivity contribution in [3.05, 3.63) is 69.4 Å². The lowest BCUT2D eigenvalue weighted by molar-refractivity contribution is 0.506. The summed E-state index contributed by atoms with van der Waals surface area (Å²) in [5.41, 5.74) is 9.47. The molecule has 112 valence electrons. The lowest BCUT2D eigenvalue weighted by Crippen LogP contribution is -2.16. The van der Waals surface area contributed by atoms with Crippen LogP contribution in [0.1, 0.15) is 49.9 Å². The first kappa shape index (κ1) is 16.2. The van der Waals surface area contributed by atoms with Crippen LogP contribution in [0.3, 0.4) is 0 Å². The Balaban J connectivity index is 2.30. The van der Waals surface area contributed by atoms with Crippen molar-refractivity contribution in [2.45, 2.75) is 38.6 Å². The predicted molar refractivity (Wildman–Crippen MR) is 89.9 cm³/mol. The van der Waals surface area contributed by atoms with Crippen molar-refractivity contribution in [1.29, 1.82) is 0 Å². The van der Waals surface area contributed by atoms with E-state index in [0.29, 0.717) is 4.47 Å². The fourth-order valence-corrected chi connectivity index (χ4v) is 2.78. The largest absolute Gasteiger partial charge is 0.320 e. The van der Waals surface area contributed by atoms with E-state index in [1.54, 1.807) is 0 Å². The molecular formula is C18H21BrFN. The maximum atomic E-state index is 13.5. The first-order valence-corrected chi connectivity index (χ1v) is 7.95. The average molecular weight is 350 g/mol. The fourth-order valence-electron chi connectivity index (χ4n) is 2.29. The van der Waals surface area contributed by atoms with Crippen LogP contribution < -0.4 is 5.73 Å². The number of hydrogen-bond acceptors (Lipinski definition) is 1. The molecule has 0 spiro atoms. The highest BCUT2D eigenvalue weighted by Gasteiger charge is 2.18. The number of benzene rings is 2. The van der Waals surface area contributed by atoms with Crippen LogP contribution in [-0.4, -0.2) is 0 Å². The maximum Gasteiger partial charge on any atom is 0.124 e. The third-order valence-electron chi connectivity index (χ3n) is 4.18. The van der Waals surface area contributed by atoms with Crippen molar-refractivity contribution in [3.63, 3.8) is 0 Å². The van der Waals surface area contributed by atoms with E-state index in [9.17, 15) is 4.39 Å². The van der Waals surface area contributed by atoms with E-state index >= 15 is 0 Å². The van der Waals surface area contributed by atoms with Gasteiger partial charge in [0, 0.05) is 4.47 Å². The third-order valence-corrected chi connectivity index (χ3v) is 4.64. The maximum absolute atomic E-state index is 13.5. The molecule has 1 nitrogen and oxygen atoms in total. The van der Waals surface area contributed by atoms with E-state index in [0.717, 1.165) is 17.5 Å². The minimum atomic E-state index is -0.323. The van der Waals surface area contributed by atoms with Crippen LogP contribution in [0.4, 0.5) is 4.39 Å². The van der Waals surface area contributed by atoms with E-state index < -0.39 is 0 Å². The second kappa shape index (κ2) is 6.29. The molecule has 1 unspecified atom stereocenters. The van der Waals surface area contributed by atoms with E-state index in [-0.39, 0.29) is 17.3 Å². The molecule has 0 amide bonds. The van der Waals surface area contributed by atoms with Gasteiger partial charge in [0.25, 0.3) is 0 Å². The molecular weight excluding hydrogens is 329 g/mol. The van der Waals surface area contributed by atoms with Gasteiger partial charge in [0.15, 0.2) is 0 Å². The van der Waals surface area contributed by atoms with Crippen molar-refractivity contribution in [3.8, 4) is 0 Å². The van der Waals surface area contributed by atoms with Crippen molar-refractivity contribution in [1.82, 2.24) is 0 Å². The fraction of sp³-hybridized carbons (Fsp3) is 0.333. The Labute approximate surface area is 134 Å². The summed E-state index contributed by atoms with van der Waals surface area (Å²) >= 11 is 3.31. The molecule has 0 bridgehead atoms. The Morgan fingerprint density at radius 1 is 1.10 bits per heavy atom. The van der Waals surface area contributed by atoms with Gasteiger partial charge in [-0.3, -0.25) is 0 Å². The number of nitrogens with two attached hydrogens (primary N) is 1. The molecule has 2 aromatic carbocycles. The molecule has 0 aliphatic carbocycles. The van der Waals surface area contributed by atoms with E-state index in [1.165, 1.54) is 17.7 Å². The van der Waals surface area contributed by atoms with Gasteiger partial charge in [-0.25, -0.2) is 4.39 Å². The molecule has 2 rings (SSSR count). The Morgan fingerprint density at radius 2 is 1.71 bits per heavy atom. The Bertz CT molecular complexity index is 599. The summed E-state index contributed by atoms with van der Waals surface area (Å²) in [7, 11) is 0. The summed E-state index contributed by atoms with van der Waals surface area (Å²) in [5, 5.41) is 0. The molecule has 3 heteroatoms. The van der Waals surface area contributed by atoms with Crippen LogP contribution in [0.15, 0.2) is 46.9 Å². The van der Waals surface area contributed by atoms with E-state index in [1.807, 2.05) is 18.2 Å². The van der Waals surface area contributed by atoms with Crippen molar-refractivity contribution in [2.75, 3.05) is 0 Å². The normalized spacial score (nSPS) is 13.2. The molecule has 0 fully saturated rings. The molecule has 1 atom stereocenters. The molecule has 0 radical (unpaired) electrons. The first-order valence-electron chi connectivity index (χ1n) is 7.15. The van der Waals surface area contributed by atoms with Gasteiger partial charge < -0.3 is 5.73 Å². The van der Waals surface area contributed by atoms with Gasteiger partial charge in [-0.05, 0) is 46.7 Å². The summed E-state index contributed by atoms with van der Waals surface area (Å²) in [4.78, 5) is 0. The SMILES string of the molecule is CCC(C)(C)c1ccc(C(N)c2cc(F)cc(Br)c2)cc1. The van der Waals surface area contributed by atoms with Gasteiger partial charge in [-0.1, -0.05) is 61.0 Å². The van der Waals surface area contributed by atoms with Crippen molar-refractivity contribution < 1.29 is 4.39 Å². The minimum Gasteiger partial charge on any atom is -0.320 e. The smallest absolute Gasteiger partial charge is 0.124 e. The molecule has 0 aromatic heterocycles. The topological polar surface area (TPSA) is 26.0 Å². The number of hydrogen-bond donors (Lipinski definition) is 1. The Morgan fingerprint density at radius 3 is 2.24 bits per heavy atom. The highest BCUT2D eigenvalue weighted by Crippen LogP contribution is 2.29. The van der Waals surface area contributed by atoms with Gasteiger partial charge in [-0.15, -0.1) is 0 Å². The molecule has 0 saturated carbocycles. The highest BCUT2D eigenvalue weighted by molar-refractivity contribution is 9.10. The summed E-state index contributed by atoms with van der Waals surface area (Å²) < 4.78 is 14.2. The van der Waals surface area contributed by atoms with Crippen LogP contribution in [0, 0.1) is 5.82 Å². The molecule has 0 aliphatic heterocycles. The quantitative estimate of drug-likeness (QED) is 0.793. The van der Waals surface area contributed by atoms with Crippen LogP contribution in [0.5, 0.6) is 0 Å². The molecule has 2 N–H and O–H groups in total. The third kappa shape index (κ3) is 3.72. The van der Waals surface area contributed by atoms with E-state index in [2.05, 4.69) is 48.8 Å². The van der Waals surface area contributed by atoms with Gasteiger partial charge in [-0.2, -0.15) is 0 Å². The van der Waals surface area contributed by atoms with Gasteiger partial charge >= 0.3 is 0 Å². The number of rotatable bonds is 4. The summed E-state index contributed by atoms with van der Waals surface area (Å²) in [6.45, 7) is 6.64. The van der Waals surface area contributed by atoms with Gasteiger partial charge in [0.2, 0.25) is 0 Å². The van der Waals surface area contributed by atoms with E-state index in [4.69, 9.17) is 5.73 Å². The molecule has 21 heavy (non-hydrogen) atoms.